The molecule has 0 aliphatic carbocycles. The number of likely N-dealkylation sites (N-methyl/N-ethyl adjacent to an activating group) is 1. The third-order valence-electron chi connectivity index (χ3n) is 19.8. The van der Waals surface area contributed by atoms with Crippen LogP contribution in [0.15, 0.2) is 109 Å². The minimum absolute atomic E-state index is 0.0279. The maximum atomic E-state index is 14.4. The zero-order chi connectivity index (χ0) is 82.2. The van der Waals surface area contributed by atoms with Gasteiger partial charge in [0.15, 0.2) is 11.7 Å². The lowest BCUT2D eigenvalue weighted by atomic mass is 9.77. The number of esters is 3. The van der Waals surface area contributed by atoms with Crippen molar-refractivity contribution in [2.24, 2.45) is 0 Å². The minimum Gasteiger partial charge on any atom is -0.462 e. The molecule has 2 aliphatic heterocycles. The van der Waals surface area contributed by atoms with Gasteiger partial charge in [-0.3, -0.25) is 28.2 Å². The van der Waals surface area contributed by atoms with Gasteiger partial charge in [0.05, 0.1) is 38.1 Å². The summed E-state index contributed by atoms with van der Waals surface area (Å²) in [6.07, 6.45) is 16.1. The van der Waals surface area contributed by atoms with E-state index in [0.29, 0.717) is 40.9 Å². The Morgan fingerprint density at radius 1 is 0.526 bits per heavy atom. The van der Waals surface area contributed by atoms with Gasteiger partial charge < -0.3 is 47.3 Å². The predicted octanol–water partition coefficient (Wildman–Crippen LogP) is 20.2. The van der Waals surface area contributed by atoms with Gasteiger partial charge in [0.1, 0.15) is 66.5 Å². The second kappa shape index (κ2) is 44.7. The van der Waals surface area contributed by atoms with E-state index in [9.17, 15) is 69.4 Å². The van der Waals surface area contributed by atoms with Crippen LogP contribution in [0.25, 0.3) is 5.69 Å². The van der Waals surface area contributed by atoms with Crippen LogP contribution < -0.4 is 23.7 Å². The summed E-state index contributed by atoms with van der Waals surface area (Å²) >= 11 is 0. The fourth-order valence-corrected chi connectivity index (χ4v) is 14.2. The fraction of sp³-hybridized carbons (Fsp3) is 0.536. The molecule has 0 saturated carbocycles. The Morgan fingerprint density at radius 3 is 1.40 bits per heavy atom. The topological polar surface area (TPSA) is 280 Å². The van der Waals surface area contributed by atoms with Gasteiger partial charge in [0.25, 0.3) is 0 Å². The van der Waals surface area contributed by atoms with Crippen molar-refractivity contribution in [3.63, 3.8) is 0 Å². The lowest BCUT2D eigenvalue weighted by Gasteiger charge is -2.36. The number of quaternary nitrogens is 1. The average molecular weight is 1620 g/mol. The number of benzene rings is 5. The molecule has 1 spiro atoms. The summed E-state index contributed by atoms with van der Waals surface area (Å²) in [4.78, 5) is 101. The van der Waals surface area contributed by atoms with E-state index in [4.69, 9.17) is 46.9 Å². The third-order valence-corrected chi connectivity index (χ3v) is 20.7. The molecule has 0 bridgehead atoms. The maximum absolute atomic E-state index is 14.4. The molecule has 0 saturated heterocycles. The third kappa shape index (κ3) is 29.7. The van der Waals surface area contributed by atoms with Crippen molar-refractivity contribution in [1.29, 1.82) is 0 Å². The Bertz CT molecular complexity index is 4030. The number of aryl methyl sites for hydroxylation is 2. The minimum atomic E-state index is -4.98. The number of ether oxygens (including phenoxy) is 8. The summed E-state index contributed by atoms with van der Waals surface area (Å²) < 4.78 is 148. The lowest BCUT2D eigenvalue weighted by Crippen LogP contribution is -2.41. The molecule has 1 N–H and O–H groups in total. The van der Waals surface area contributed by atoms with E-state index in [2.05, 4.69) is 24.2 Å². The number of carbonyl (C=O) groups is 7. The molecule has 6 aromatic rings. The molecular formula is C84H106F6N4O19P+. The predicted molar refractivity (Wildman–Crippen MR) is 408 cm³/mol. The fourth-order valence-electron chi connectivity index (χ4n) is 13.4. The summed E-state index contributed by atoms with van der Waals surface area (Å²) in [6.45, 7) is 3.61. The number of halogens is 6. The summed E-state index contributed by atoms with van der Waals surface area (Å²) in [5.74, 6) is -6.03. The van der Waals surface area contributed by atoms with E-state index in [-0.39, 0.29) is 108 Å². The zero-order valence-corrected chi connectivity index (χ0v) is 66.3. The molecule has 1 aromatic heterocycles. The Balaban J connectivity index is 0.886. The van der Waals surface area contributed by atoms with E-state index in [1.54, 1.807) is 18.3 Å². The zero-order valence-electron chi connectivity index (χ0n) is 65.4. The quantitative estimate of drug-likeness (QED) is 0.00706. The van der Waals surface area contributed by atoms with E-state index in [1.165, 1.54) is 205 Å². The van der Waals surface area contributed by atoms with Gasteiger partial charge in [-0.2, -0.15) is 26.3 Å². The number of carbonyl (C=O) groups excluding carboxylic acids is 7. The van der Waals surface area contributed by atoms with Gasteiger partial charge in [0.2, 0.25) is 11.6 Å². The van der Waals surface area contributed by atoms with Crippen LogP contribution in [-0.4, -0.2) is 125 Å². The molecule has 2 aliphatic rings. The number of unbranched alkanes of at least 4 members (excludes halogenated alkanes) is 24. The SMILES string of the molecule is CCCCCCCCCCCCCCCC(=O)OCC(COP(=O)(O)OCC[N+](C)(C)Cc1cn(-c2ccc3c(c2)C(=O)OC32c3ccc(OC(=O)Oc4ccc(CCC(=O)C(F)(F)F)cc4)cc3Oc3cc(OC(=O)Oc4ccc(CCC(=O)C(F)(F)F)cc4)ccc32)nn1)OC(=O)CCCCCCCCCCCCCCC. The van der Waals surface area contributed by atoms with E-state index < -0.39 is 93.1 Å². The highest BCUT2D eigenvalue weighted by molar-refractivity contribution is 7.47. The molecule has 30 heteroatoms. The largest absolute Gasteiger partial charge is 0.519 e. The van der Waals surface area contributed by atoms with E-state index in [1.807, 2.05) is 14.1 Å². The van der Waals surface area contributed by atoms with Crippen LogP contribution in [-0.2, 0) is 72.0 Å². The first-order valence-corrected chi connectivity index (χ1v) is 41.2. The Hall–Kier alpha value is -9.02. The molecule has 0 fully saturated rings. The molecule has 8 rings (SSSR count). The first-order valence-electron chi connectivity index (χ1n) is 39.8. The second-order valence-corrected chi connectivity index (χ2v) is 31.1. The molecule has 0 radical (unpaired) electrons. The normalized spacial score (nSPS) is 13.7. The van der Waals surface area contributed by atoms with Gasteiger partial charge in [-0.05, 0) is 97.5 Å². The van der Waals surface area contributed by atoms with Crippen molar-refractivity contribution in [2.45, 2.75) is 250 Å². The standard InChI is InChI=1S/C84H105F6N4O19P/c1-5-7-9-11-13-15-17-19-21-23-25-27-29-31-77(97)104-58-68(107-78(98)32-30-28-26-24-22-20-18-16-14-12-10-8-6-2)59-106-114(102,103)105-52-51-94(3,4)57-62-56-93(92-91-62)63-39-46-70-69(53-63)79(99)113-82(70)71-47-44-66(110-80(100)108-64-40-33-60(34-41-64)37-49-75(95)83(85,86)87)54-73(71)112-74-55-67(45-48-72(74)82)111-81(101)109-65-42-35-61(36-43-65)38-50-76(96)84(88,89)90/h33-36,39-48,53-56,68H,5-32,37-38,49-52,57-59H2,1-4H3/p+1. The van der Waals surface area contributed by atoms with E-state index in [0.717, 1.165) is 44.9 Å². The van der Waals surface area contributed by atoms with E-state index >= 15 is 0 Å². The number of phosphoric acid groups is 1. The Morgan fingerprint density at radius 2 is 0.947 bits per heavy atom. The summed E-state index contributed by atoms with van der Waals surface area (Å²) in [6, 6.07) is 23.8. The van der Waals surface area contributed by atoms with Crippen LogP contribution in [0.1, 0.15) is 250 Å². The number of ketones is 2. The van der Waals surface area contributed by atoms with Crippen molar-refractivity contribution in [3.05, 3.63) is 148 Å². The molecule has 0 amide bonds. The van der Waals surface area contributed by atoms with Crippen LogP contribution in [0.5, 0.6) is 34.5 Å². The van der Waals surface area contributed by atoms with Gasteiger partial charge >= 0.3 is 50.4 Å². The smallest absolute Gasteiger partial charge is 0.462 e. The van der Waals surface area contributed by atoms with Gasteiger partial charge in [0, 0.05) is 54.5 Å². The number of phosphoric ester groups is 1. The molecule has 23 nitrogen and oxygen atoms in total. The van der Waals surface area contributed by atoms with Gasteiger partial charge in [-0.25, -0.2) is 23.6 Å². The van der Waals surface area contributed by atoms with Crippen LogP contribution in [0, 0.1) is 0 Å². The maximum Gasteiger partial charge on any atom is 0.519 e. The molecule has 2 unspecified atom stereocenters. The molecule has 114 heavy (non-hydrogen) atoms. The number of hydrogen-bond donors (Lipinski definition) is 1. The highest BCUT2D eigenvalue weighted by Gasteiger charge is 2.54. The first kappa shape index (κ1) is 90.5. The van der Waals surface area contributed by atoms with Crippen molar-refractivity contribution in [1.82, 2.24) is 15.0 Å². The average Bonchev–Trinajstić information content (AvgIpc) is 1.51. The van der Waals surface area contributed by atoms with Crippen molar-refractivity contribution in [2.75, 3.05) is 40.5 Å². The van der Waals surface area contributed by atoms with Crippen molar-refractivity contribution < 1.29 is 121 Å². The van der Waals surface area contributed by atoms with Gasteiger partial charge in [-0.15, -0.1) is 5.10 Å². The van der Waals surface area contributed by atoms with Crippen LogP contribution in [0.4, 0.5) is 35.9 Å². The Labute approximate surface area is 661 Å². The first-order chi connectivity index (χ1) is 54.5. The van der Waals surface area contributed by atoms with Crippen LogP contribution in [0.3, 0.4) is 0 Å². The molecule has 5 aromatic carbocycles. The highest BCUT2D eigenvalue weighted by atomic mass is 31.2. The lowest BCUT2D eigenvalue weighted by molar-refractivity contribution is -0.904. The molecular weight excluding hydrogens is 1510 g/mol. The highest BCUT2D eigenvalue weighted by Crippen LogP contribution is 2.57. The number of Topliss-reactive ketones (excluding diaryl/α,β-unsaturated/α-hetero) is 2. The number of nitrogens with zero attached hydrogens (tertiary/aromatic N) is 4. The van der Waals surface area contributed by atoms with Crippen LogP contribution in [0.2, 0.25) is 0 Å². The number of alkyl halides is 6. The number of hydrogen-bond acceptors (Lipinski definition) is 20. The van der Waals surface area contributed by atoms with Crippen LogP contribution >= 0.6 is 7.82 Å². The monoisotopic (exact) mass is 1620 g/mol. The second-order valence-electron chi connectivity index (χ2n) is 29.6. The van der Waals surface area contributed by atoms with Gasteiger partial charge in [-0.1, -0.05) is 203 Å². The van der Waals surface area contributed by atoms with Crippen molar-refractivity contribution in [3.8, 4) is 40.2 Å². The molecule has 3 heterocycles. The summed E-state index contributed by atoms with van der Waals surface area (Å²) in [5, 5.41) is 8.74. The van der Waals surface area contributed by atoms with Crippen molar-refractivity contribution >= 4 is 49.6 Å². The molecule has 2 atom stereocenters. The summed E-state index contributed by atoms with van der Waals surface area (Å²) in [7, 11) is -1.11. The number of fused-ring (bicyclic) bond motifs is 6. The Kier molecular flexibility index (Phi) is 35.5. The summed E-state index contributed by atoms with van der Waals surface area (Å²) in [5.41, 5.74) is 0.615. The molecule has 622 valence electrons. The number of rotatable bonds is 51. The number of aromatic nitrogens is 3.